The average Bonchev–Trinajstić information content (AvgIpc) is 2.24. The van der Waals surface area contributed by atoms with Gasteiger partial charge in [0, 0.05) is 18.4 Å². The third-order valence-corrected chi connectivity index (χ3v) is 2.96. The Morgan fingerprint density at radius 2 is 1.81 bits per heavy atom. The Hall–Kier alpha value is -1.33. The Kier molecular flexibility index (Phi) is 4.51. The summed E-state index contributed by atoms with van der Waals surface area (Å²) in [5.41, 5.74) is 4.05. The summed E-state index contributed by atoms with van der Waals surface area (Å²) in [4.78, 5) is 11.7. The molecule has 0 saturated carbocycles. The van der Waals surface area contributed by atoms with E-state index in [0.717, 1.165) is 5.56 Å². The Labute approximate surface area is 98.9 Å². The summed E-state index contributed by atoms with van der Waals surface area (Å²) in [6, 6.07) is 9.41. The van der Waals surface area contributed by atoms with Crippen molar-refractivity contribution in [1.29, 1.82) is 0 Å². The molecule has 1 aromatic carbocycles. The molecule has 0 atom stereocenters. The number of benzene rings is 1. The summed E-state index contributed by atoms with van der Waals surface area (Å²) >= 11 is 0. The van der Waals surface area contributed by atoms with E-state index in [1.807, 2.05) is 30.3 Å². The zero-order chi connectivity index (χ0) is 12.0. The first-order valence-corrected chi connectivity index (χ1v) is 9.07. The first kappa shape index (κ1) is 12.7. The number of carbonyl (C=O) groups is 1. The molecule has 0 saturated heterocycles. The van der Waals surface area contributed by atoms with Crippen LogP contribution in [0.4, 0.5) is 0 Å². The minimum absolute atomic E-state index is 0.186. The van der Waals surface area contributed by atoms with Gasteiger partial charge in [-0.15, -0.1) is 11.5 Å². The van der Waals surface area contributed by atoms with Gasteiger partial charge in [0.2, 0.25) is 0 Å². The van der Waals surface area contributed by atoms with Crippen molar-refractivity contribution in [1.82, 2.24) is 0 Å². The molecule has 2 heteroatoms. The second kappa shape index (κ2) is 5.67. The minimum Gasteiger partial charge on any atom is -0.294 e. The molecular formula is C14H18OSi. The summed E-state index contributed by atoms with van der Waals surface area (Å²) in [6.07, 6.45) is 1.21. The number of ketones is 1. The molecule has 1 aromatic rings. The van der Waals surface area contributed by atoms with Gasteiger partial charge in [0.05, 0.1) is 0 Å². The zero-order valence-corrected chi connectivity index (χ0v) is 11.2. The molecule has 0 aliphatic carbocycles. The molecule has 0 fully saturated rings. The number of hydrogen-bond acceptors (Lipinski definition) is 1. The standard InChI is InChI=1S/C14H18OSi/c1-16(2,3)12-8-7-11-14(15)13-9-5-4-6-10-13/h4-6,9-10H,7,11H2,1-3H3. The van der Waals surface area contributed by atoms with Gasteiger partial charge >= 0.3 is 0 Å². The lowest BCUT2D eigenvalue weighted by Gasteiger charge is -2.03. The van der Waals surface area contributed by atoms with Gasteiger partial charge in [-0.2, -0.15) is 0 Å². The van der Waals surface area contributed by atoms with E-state index in [9.17, 15) is 4.79 Å². The minimum atomic E-state index is -1.28. The normalized spacial score (nSPS) is 10.4. The smallest absolute Gasteiger partial charge is 0.163 e. The molecule has 0 N–H and O–H groups in total. The molecule has 0 aromatic heterocycles. The summed E-state index contributed by atoms with van der Waals surface area (Å²) in [7, 11) is -1.28. The van der Waals surface area contributed by atoms with Crippen LogP contribution in [0, 0.1) is 11.5 Å². The summed E-state index contributed by atoms with van der Waals surface area (Å²) in [6.45, 7) is 6.62. The monoisotopic (exact) mass is 230 g/mol. The van der Waals surface area contributed by atoms with Crippen LogP contribution in [0.15, 0.2) is 30.3 Å². The predicted molar refractivity (Wildman–Crippen MR) is 71.1 cm³/mol. The average molecular weight is 230 g/mol. The highest BCUT2D eigenvalue weighted by Gasteiger charge is 2.07. The van der Waals surface area contributed by atoms with Gasteiger partial charge in [0.25, 0.3) is 0 Å². The maximum absolute atomic E-state index is 11.7. The SMILES string of the molecule is C[Si](C)(C)C#CCCC(=O)c1ccccc1. The van der Waals surface area contributed by atoms with E-state index in [1.54, 1.807) is 0 Å². The van der Waals surface area contributed by atoms with Crippen LogP contribution in [0.2, 0.25) is 19.6 Å². The van der Waals surface area contributed by atoms with Crippen molar-refractivity contribution < 1.29 is 4.79 Å². The summed E-state index contributed by atoms with van der Waals surface area (Å²) < 4.78 is 0. The second-order valence-corrected chi connectivity index (χ2v) is 9.59. The van der Waals surface area contributed by atoms with Crippen LogP contribution < -0.4 is 0 Å². The van der Waals surface area contributed by atoms with Crippen molar-refractivity contribution in [3.05, 3.63) is 35.9 Å². The van der Waals surface area contributed by atoms with Gasteiger partial charge in [0.1, 0.15) is 8.07 Å². The van der Waals surface area contributed by atoms with Crippen molar-refractivity contribution in [2.75, 3.05) is 0 Å². The van der Waals surface area contributed by atoms with E-state index in [2.05, 4.69) is 31.1 Å². The molecule has 0 aliphatic rings. The molecule has 0 aliphatic heterocycles. The third-order valence-electron chi connectivity index (χ3n) is 2.04. The lowest BCUT2D eigenvalue weighted by Crippen LogP contribution is -2.16. The van der Waals surface area contributed by atoms with Crippen LogP contribution in [0.3, 0.4) is 0 Å². The van der Waals surface area contributed by atoms with E-state index in [1.165, 1.54) is 0 Å². The van der Waals surface area contributed by atoms with Crippen molar-refractivity contribution >= 4 is 13.9 Å². The van der Waals surface area contributed by atoms with Gasteiger partial charge in [0.15, 0.2) is 5.78 Å². The summed E-state index contributed by atoms with van der Waals surface area (Å²) in [5.74, 6) is 3.30. The van der Waals surface area contributed by atoms with Crippen LogP contribution in [0.1, 0.15) is 23.2 Å². The first-order chi connectivity index (χ1) is 7.49. The molecule has 0 bridgehead atoms. The molecule has 84 valence electrons. The lowest BCUT2D eigenvalue weighted by atomic mass is 10.1. The highest BCUT2D eigenvalue weighted by Crippen LogP contribution is 2.05. The van der Waals surface area contributed by atoms with Crippen LogP contribution in [0.5, 0.6) is 0 Å². The largest absolute Gasteiger partial charge is 0.294 e. The van der Waals surface area contributed by atoms with E-state index >= 15 is 0 Å². The fraction of sp³-hybridized carbons (Fsp3) is 0.357. The van der Waals surface area contributed by atoms with Gasteiger partial charge in [-0.1, -0.05) is 50.0 Å². The van der Waals surface area contributed by atoms with Gasteiger partial charge in [-0.05, 0) is 0 Å². The van der Waals surface area contributed by atoms with Gasteiger partial charge in [-0.3, -0.25) is 4.79 Å². The molecule has 1 rings (SSSR count). The van der Waals surface area contributed by atoms with Crippen molar-refractivity contribution in [2.45, 2.75) is 32.5 Å². The quantitative estimate of drug-likeness (QED) is 0.441. The van der Waals surface area contributed by atoms with Crippen molar-refractivity contribution in [3.63, 3.8) is 0 Å². The van der Waals surface area contributed by atoms with E-state index in [4.69, 9.17) is 0 Å². The predicted octanol–water partition coefficient (Wildman–Crippen LogP) is 3.53. The fourth-order valence-electron chi connectivity index (χ4n) is 1.27. The van der Waals surface area contributed by atoms with Crippen LogP contribution in [0.25, 0.3) is 0 Å². The molecule has 1 nitrogen and oxygen atoms in total. The van der Waals surface area contributed by atoms with E-state index < -0.39 is 8.07 Å². The number of carbonyl (C=O) groups excluding carboxylic acids is 1. The maximum Gasteiger partial charge on any atom is 0.163 e. The Balaban J connectivity index is 2.45. The maximum atomic E-state index is 11.7. The third kappa shape index (κ3) is 4.95. The zero-order valence-electron chi connectivity index (χ0n) is 10.2. The summed E-state index contributed by atoms with van der Waals surface area (Å²) in [5, 5.41) is 0. The Morgan fingerprint density at radius 1 is 1.19 bits per heavy atom. The number of rotatable bonds is 3. The molecule has 0 amide bonds. The first-order valence-electron chi connectivity index (χ1n) is 5.57. The van der Waals surface area contributed by atoms with Crippen LogP contribution >= 0.6 is 0 Å². The molecule has 0 spiro atoms. The number of hydrogen-bond donors (Lipinski definition) is 0. The molecule has 16 heavy (non-hydrogen) atoms. The molecule has 0 unspecified atom stereocenters. The molecule has 0 radical (unpaired) electrons. The second-order valence-electron chi connectivity index (χ2n) is 4.84. The van der Waals surface area contributed by atoms with Crippen molar-refractivity contribution in [2.24, 2.45) is 0 Å². The Bertz CT molecular complexity index is 404. The fourth-order valence-corrected chi connectivity index (χ4v) is 1.93. The Morgan fingerprint density at radius 3 is 2.38 bits per heavy atom. The number of Topliss-reactive ketones (excluding diaryl/α,β-unsaturated/α-hetero) is 1. The van der Waals surface area contributed by atoms with Crippen LogP contribution in [-0.2, 0) is 0 Å². The van der Waals surface area contributed by atoms with E-state index in [0.29, 0.717) is 12.8 Å². The lowest BCUT2D eigenvalue weighted by molar-refractivity contribution is 0.0984. The van der Waals surface area contributed by atoms with Crippen molar-refractivity contribution in [3.8, 4) is 11.5 Å². The highest BCUT2D eigenvalue weighted by atomic mass is 28.3. The highest BCUT2D eigenvalue weighted by molar-refractivity contribution is 6.83. The van der Waals surface area contributed by atoms with E-state index in [-0.39, 0.29) is 5.78 Å². The van der Waals surface area contributed by atoms with Crippen LogP contribution in [-0.4, -0.2) is 13.9 Å². The molecular weight excluding hydrogens is 212 g/mol. The van der Waals surface area contributed by atoms with Gasteiger partial charge in [-0.25, -0.2) is 0 Å². The van der Waals surface area contributed by atoms with Gasteiger partial charge < -0.3 is 0 Å². The topological polar surface area (TPSA) is 17.1 Å². The molecule has 0 heterocycles.